The third-order valence-corrected chi connectivity index (χ3v) is 4.32. The fraction of sp³-hybridized carbons (Fsp3) is 0.600. The molecule has 0 heterocycles. The van der Waals surface area contributed by atoms with Gasteiger partial charge in [0.2, 0.25) is 0 Å². The zero-order chi connectivity index (χ0) is 14.9. The fourth-order valence-corrected chi connectivity index (χ4v) is 3.03. The summed E-state index contributed by atoms with van der Waals surface area (Å²) in [6, 6.07) is 3.10. The van der Waals surface area contributed by atoms with Crippen LogP contribution >= 0.6 is 0 Å². The van der Waals surface area contributed by atoms with Crippen LogP contribution < -0.4 is 5.73 Å². The van der Waals surface area contributed by atoms with E-state index in [1.54, 1.807) is 0 Å². The molecule has 3 atom stereocenters. The maximum atomic E-state index is 13.6. The molecule has 1 saturated carbocycles. The summed E-state index contributed by atoms with van der Waals surface area (Å²) < 4.78 is 51.3. The molecule has 0 spiro atoms. The van der Waals surface area contributed by atoms with Crippen molar-refractivity contribution in [3.63, 3.8) is 0 Å². The first-order valence-corrected chi connectivity index (χ1v) is 6.95. The van der Waals surface area contributed by atoms with E-state index in [2.05, 4.69) is 6.92 Å². The van der Waals surface area contributed by atoms with Crippen molar-refractivity contribution in [2.75, 3.05) is 0 Å². The molecule has 1 fully saturated rings. The van der Waals surface area contributed by atoms with Crippen molar-refractivity contribution < 1.29 is 17.6 Å². The summed E-state index contributed by atoms with van der Waals surface area (Å²) in [5, 5.41) is 0. The van der Waals surface area contributed by atoms with E-state index >= 15 is 0 Å². The van der Waals surface area contributed by atoms with E-state index in [1.165, 1.54) is 6.07 Å². The number of nitrogens with two attached hydrogens (primary N) is 1. The first-order chi connectivity index (χ1) is 9.32. The molecular formula is C15H19F4N. The maximum Gasteiger partial charge on any atom is 0.419 e. The molecule has 20 heavy (non-hydrogen) atoms. The topological polar surface area (TPSA) is 26.0 Å². The Bertz CT molecular complexity index is 469. The minimum atomic E-state index is -4.65. The average Bonchev–Trinajstić information content (AvgIpc) is 2.37. The van der Waals surface area contributed by atoms with Gasteiger partial charge in [0.1, 0.15) is 5.82 Å². The van der Waals surface area contributed by atoms with Crippen LogP contribution in [-0.2, 0) is 6.18 Å². The zero-order valence-electron chi connectivity index (χ0n) is 11.4. The van der Waals surface area contributed by atoms with Gasteiger partial charge in [-0.25, -0.2) is 4.39 Å². The van der Waals surface area contributed by atoms with Gasteiger partial charge in [-0.15, -0.1) is 0 Å². The second-order valence-electron chi connectivity index (χ2n) is 5.59. The second kappa shape index (κ2) is 5.72. The maximum absolute atomic E-state index is 13.6. The summed E-state index contributed by atoms with van der Waals surface area (Å²) >= 11 is 0. The molecule has 1 aliphatic carbocycles. The Morgan fingerprint density at radius 3 is 2.50 bits per heavy atom. The van der Waals surface area contributed by atoms with Gasteiger partial charge < -0.3 is 5.73 Å². The van der Waals surface area contributed by atoms with Crippen LogP contribution in [0.1, 0.15) is 49.7 Å². The molecule has 112 valence electrons. The van der Waals surface area contributed by atoms with Gasteiger partial charge in [0, 0.05) is 6.04 Å². The zero-order valence-corrected chi connectivity index (χ0v) is 11.4. The molecule has 0 saturated heterocycles. The summed E-state index contributed by atoms with van der Waals surface area (Å²) in [5.41, 5.74) is 5.43. The Balaban J connectivity index is 2.26. The van der Waals surface area contributed by atoms with Gasteiger partial charge in [0.25, 0.3) is 0 Å². The molecule has 3 unspecified atom stereocenters. The van der Waals surface area contributed by atoms with Gasteiger partial charge in [0.05, 0.1) is 5.56 Å². The van der Waals surface area contributed by atoms with Gasteiger partial charge in [-0.3, -0.25) is 0 Å². The van der Waals surface area contributed by atoms with Crippen LogP contribution in [0.25, 0.3) is 0 Å². The summed E-state index contributed by atoms with van der Waals surface area (Å²) in [7, 11) is 0. The van der Waals surface area contributed by atoms with Gasteiger partial charge in [0.15, 0.2) is 0 Å². The summed E-state index contributed by atoms with van der Waals surface area (Å²) in [6.07, 6.45) is -0.929. The van der Waals surface area contributed by atoms with Crippen LogP contribution in [0.5, 0.6) is 0 Å². The third-order valence-electron chi connectivity index (χ3n) is 4.32. The molecule has 2 rings (SSSR count). The predicted molar refractivity (Wildman–Crippen MR) is 69.8 cm³/mol. The number of halogens is 4. The van der Waals surface area contributed by atoms with E-state index in [1.807, 2.05) is 0 Å². The van der Waals surface area contributed by atoms with E-state index in [0.29, 0.717) is 11.5 Å². The standard InChI is InChI=1S/C15H19F4N/c1-2-9-3-6-14(20)11(7-9)10-4-5-12(13(16)8-10)15(17,18)19/h4-5,8-9,11,14H,2-3,6-7,20H2,1H3. The lowest BCUT2D eigenvalue weighted by molar-refractivity contribution is -0.140. The highest BCUT2D eigenvalue weighted by molar-refractivity contribution is 5.30. The van der Waals surface area contributed by atoms with Crippen molar-refractivity contribution in [1.82, 2.24) is 0 Å². The van der Waals surface area contributed by atoms with Crippen molar-refractivity contribution in [3.8, 4) is 0 Å². The first kappa shape index (κ1) is 15.3. The Labute approximate surface area is 116 Å². The summed E-state index contributed by atoms with van der Waals surface area (Å²) in [6.45, 7) is 2.09. The molecular weight excluding hydrogens is 270 g/mol. The summed E-state index contributed by atoms with van der Waals surface area (Å²) in [4.78, 5) is 0. The van der Waals surface area contributed by atoms with E-state index in [9.17, 15) is 17.6 Å². The van der Waals surface area contributed by atoms with Gasteiger partial charge in [-0.2, -0.15) is 13.2 Å². The molecule has 1 aromatic carbocycles. The van der Waals surface area contributed by atoms with Crippen molar-refractivity contribution in [2.45, 2.75) is 50.7 Å². The van der Waals surface area contributed by atoms with E-state index < -0.39 is 17.6 Å². The van der Waals surface area contributed by atoms with Crippen LogP contribution in [0, 0.1) is 11.7 Å². The number of benzene rings is 1. The Morgan fingerprint density at radius 2 is 1.95 bits per heavy atom. The van der Waals surface area contributed by atoms with Gasteiger partial charge >= 0.3 is 6.18 Å². The fourth-order valence-electron chi connectivity index (χ4n) is 3.03. The van der Waals surface area contributed by atoms with Crippen molar-refractivity contribution in [3.05, 3.63) is 35.1 Å². The Morgan fingerprint density at radius 1 is 1.25 bits per heavy atom. The van der Waals surface area contributed by atoms with Crippen LogP contribution in [0.4, 0.5) is 17.6 Å². The largest absolute Gasteiger partial charge is 0.419 e. The number of alkyl halides is 3. The molecule has 0 bridgehead atoms. The highest BCUT2D eigenvalue weighted by Crippen LogP contribution is 2.39. The molecule has 0 aliphatic heterocycles. The monoisotopic (exact) mass is 289 g/mol. The molecule has 2 N–H and O–H groups in total. The second-order valence-corrected chi connectivity index (χ2v) is 5.59. The molecule has 0 amide bonds. The van der Waals surface area contributed by atoms with E-state index in [0.717, 1.165) is 37.8 Å². The van der Waals surface area contributed by atoms with Crippen LogP contribution in [-0.4, -0.2) is 6.04 Å². The van der Waals surface area contributed by atoms with Gasteiger partial charge in [-0.1, -0.05) is 19.4 Å². The minimum Gasteiger partial charge on any atom is -0.327 e. The normalized spacial score (nSPS) is 27.6. The SMILES string of the molecule is CCC1CCC(N)C(c2ccc(C(F)(F)F)c(F)c2)C1. The molecule has 1 nitrogen and oxygen atoms in total. The minimum absolute atomic E-state index is 0.0505. The third kappa shape index (κ3) is 3.14. The van der Waals surface area contributed by atoms with E-state index in [-0.39, 0.29) is 12.0 Å². The van der Waals surface area contributed by atoms with Crippen molar-refractivity contribution >= 4 is 0 Å². The highest BCUT2D eigenvalue weighted by Gasteiger charge is 2.35. The first-order valence-electron chi connectivity index (χ1n) is 6.95. The molecule has 1 aromatic rings. The van der Waals surface area contributed by atoms with Crippen molar-refractivity contribution in [1.29, 1.82) is 0 Å². The smallest absolute Gasteiger partial charge is 0.327 e. The number of rotatable bonds is 2. The Kier molecular flexibility index (Phi) is 4.37. The van der Waals surface area contributed by atoms with Crippen LogP contribution in [0.2, 0.25) is 0 Å². The molecule has 0 aromatic heterocycles. The quantitative estimate of drug-likeness (QED) is 0.799. The highest BCUT2D eigenvalue weighted by atomic mass is 19.4. The van der Waals surface area contributed by atoms with Crippen molar-refractivity contribution in [2.24, 2.45) is 11.7 Å². The number of hydrogen-bond donors (Lipinski definition) is 1. The Hall–Kier alpha value is -1.10. The van der Waals surface area contributed by atoms with Gasteiger partial charge in [-0.05, 0) is 48.8 Å². The lowest BCUT2D eigenvalue weighted by atomic mass is 9.74. The summed E-state index contributed by atoms with van der Waals surface area (Å²) in [5.74, 6) is -0.739. The molecule has 5 heteroatoms. The molecule has 0 radical (unpaired) electrons. The molecule has 1 aliphatic rings. The number of hydrogen-bond acceptors (Lipinski definition) is 1. The average molecular weight is 289 g/mol. The van der Waals surface area contributed by atoms with Crippen LogP contribution in [0.3, 0.4) is 0 Å². The predicted octanol–water partition coefficient (Wildman–Crippen LogP) is 4.47. The lowest BCUT2D eigenvalue weighted by Gasteiger charge is -2.34. The van der Waals surface area contributed by atoms with Crippen LogP contribution in [0.15, 0.2) is 18.2 Å². The lowest BCUT2D eigenvalue weighted by Crippen LogP contribution is -2.34. The van der Waals surface area contributed by atoms with E-state index in [4.69, 9.17) is 5.73 Å².